The highest BCUT2D eigenvalue weighted by Gasteiger charge is 1.89. The maximum absolute atomic E-state index is 4.02. The van der Waals surface area contributed by atoms with Crippen molar-refractivity contribution in [2.45, 2.75) is 27.2 Å². The molecule has 0 amide bonds. The normalized spacial score (nSPS) is 14.8. The van der Waals surface area contributed by atoms with Gasteiger partial charge in [0.15, 0.2) is 0 Å². The Bertz CT molecular complexity index is 314. The molecule has 0 aliphatic heterocycles. The highest BCUT2D eigenvalue weighted by molar-refractivity contribution is 5.79. The average Bonchev–Trinajstić information content (AvgIpc) is 2.25. The van der Waals surface area contributed by atoms with Gasteiger partial charge in [-0.1, -0.05) is 49.0 Å². The maximum Gasteiger partial charge on any atom is 0.0277 e. The summed E-state index contributed by atoms with van der Waals surface area (Å²) in [5.41, 5.74) is 3.65. The van der Waals surface area contributed by atoms with Gasteiger partial charge in [-0.15, -0.1) is 0 Å². The van der Waals surface area contributed by atoms with Crippen molar-refractivity contribution < 1.29 is 0 Å². The van der Waals surface area contributed by atoms with E-state index in [1.54, 1.807) is 7.05 Å². The topological polar surface area (TPSA) is 12.4 Å². The van der Waals surface area contributed by atoms with Crippen molar-refractivity contribution in [3.05, 3.63) is 47.6 Å². The Hall–Kier alpha value is -1.37. The Kier molecular flexibility index (Phi) is 7.25. The quantitative estimate of drug-likeness (QED) is 0.471. The summed E-state index contributed by atoms with van der Waals surface area (Å²) in [5, 5.41) is 0. The third kappa shape index (κ3) is 6.67. The van der Waals surface area contributed by atoms with Crippen molar-refractivity contribution in [1.82, 2.24) is 0 Å². The summed E-state index contributed by atoms with van der Waals surface area (Å²) in [5.74, 6) is 0. The van der Waals surface area contributed by atoms with Gasteiger partial charge >= 0.3 is 0 Å². The molecule has 0 fully saturated rings. The molecule has 0 aliphatic carbocycles. The lowest BCUT2D eigenvalue weighted by atomic mass is 10.1. The van der Waals surface area contributed by atoms with Crippen LogP contribution in [0, 0.1) is 0 Å². The maximum atomic E-state index is 4.02. The molecule has 0 saturated carbocycles. The van der Waals surface area contributed by atoms with Gasteiger partial charge in [-0.3, -0.25) is 4.99 Å². The first kappa shape index (κ1) is 13.6. The molecule has 0 aromatic carbocycles. The molecule has 0 heterocycles. The van der Waals surface area contributed by atoms with E-state index in [0.29, 0.717) is 0 Å². The van der Waals surface area contributed by atoms with E-state index >= 15 is 0 Å². The third-order valence-corrected chi connectivity index (χ3v) is 2.05. The number of hydrogen-bond donors (Lipinski definition) is 0. The van der Waals surface area contributed by atoms with Gasteiger partial charge in [-0.2, -0.15) is 0 Å². The summed E-state index contributed by atoms with van der Waals surface area (Å²) in [6.07, 6.45) is 11.1. The standard InChI is InChI=1S/C14H21N/c1-6-12(3)8-9-13(4)10-14(7-2)11-15-5/h6,8-11H,1,7H2,2-5H3/b12-8-,13-9+,14-10-,15-11-. The average molecular weight is 203 g/mol. The van der Waals surface area contributed by atoms with Crippen LogP contribution in [-0.2, 0) is 0 Å². The Morgan fingerprint density at radius 1 is 1.20 bits per heavy atom. The van der Waals surface area contributed by atoms with Crippen molar-refractivity contribution in [1.29, 1.82) is 0 Å². The van der Waals surface area contributed by atoms with E-state index in [-0.39, 0.29) is 0 Å². The van der Waals surface area contributed by atoms with Crippen LogP contribution >= 0.6 is 0 Å². The smallest absolute Gasteiger partial charge is 0.0277 e. The molecule has 0 aromatic heterocycles. The van der Waals surface area contributed by atoms with Crippen molar-refractivity contribution in [3.63, 3.8) is 0 Å². The minimum absolute atomic E-state index is 1.01. The first-order chi connectivity index (χ1) is 7.13. The fraction of sp³-hybridized carbons (Fsp3) is 0.357. The van der Waals surface area contributed by atoms with Crippen molar-refractivity contribution in [2.75, 3.05) is 7.05 Å². The zero-order valence-corrected chi connectivity index (χ0v) is 10.2. The third-order valence-electron chi connectivity index (χ3n) is 2.05. The molecule has 0 N–H and O–H groups in total. The second-order valence-electron chi connectivity index (χ2n) is 3.49. The first-order valence-corrected chi connectivity index (χ1v) is 5.24. The molecular weight excluding hydrogens is 182 g/mol. The van der Waals surface area contributed by atoms with E-state index < -0.39 is 0 Å². The molecule has 1 nitrogen and oxygen atoms in total. The van der Waals surface area contributed by atoms with Crippen molar-refractivity contribution in [3.8, 4) is 0 Å². The molecule has 1 heteroatoms. The Labute approximate surface area is 93.6 Å². The van der Waals surface area contributed by atoms with Gasteiger partial charge in [0.25, 0.3) is 0 Å². The van der Waals surface area contributed by atoms with Gasteiger partial charge in [0.2, 0.25) is 0 Å². The molecule has 82 valence electrons. The molecule has 0 aromatic rings. The monoisotopic (exact) mass is 203 g/mol. The van der Waals surface area contributed by atoms with E-state index in [9.17, 15) is 0 Å². The van der Waals surface area contributed by atoms with Crippen LogP contribution in [0.4, 0.5) is 0 Å². The number of hydrogen-bond acceptors (Lipinski definition) is 1. The van der Waals surface area contributed by atoms with Gasteiger partial charge in [0.05, 0.1) is 0 Å². The number of nitrogens with zero attached hydrogens (tertiary/aromatic N) is 1. The van der Waals surface area contributed by atoms with Crippen LogP contribution in [0.5, 0.6) is 0 Å². The molecule has 0 aliphatic rings. The molecule has 0 saturated heterocycles. The summed E-state index contributed by atoms with van der Waals surface area (Å²) in [6, 6.07) is 0. The lowest BCUT2D eigenvalue weighted by Gasteiger charge is -1.96. The lowest BCUT2D eigenvalue weighted by Crippen LogP contribution is -1.83. The molecule has 0 atom stereocenters. The second-order valence-corrected chi connectivity index (χ2v) is 3.49. The van der Waals surface area contributed by atoms with Crippen LogP contribution in [0.1, 0.15) is 27.2 Å². The van der Waals surface area contributed by atoms with Crippen LogP contribution < -0.4 is 0 Å². The summed E-state index contributed by atoms with van der Waals surface area (Å²) in [4.78, 5) is 4.02. The van der Waals surface area contributed by atoms with Crippen LogP contribution in [0.3, 0.4) is 0 Å². The van der Waals surface area contributed by atoms with Crippen LogP contribution in [-0.4, -0.2) is 13.3 Å². The van der Waals surface area contributed by atoms with E-state index in [2.05, 4.69) is 43.6 Å². The summed E-state index contributed by atoms with van der Waals surface area (Å²) in [6.45, 7) is 9.97. The van der Waals surface area contributed by atoms with Crippen LogP contribution in [0.15, 0.2) is 52.6 Å². The van der Waals surface area contributed by atoms with Gasteiger partial charge < -0.3 is 0 Å². The van der Waals surface area contributed by atoms with E-state index in [1.165, 1.54) is 16.7 Å². The molecule has 0 rings (SSSR count). The summed E-state index contributed by atoms with van der Waals surface area (Å²) >= 11 is 0. The highest BCUT2D eigenvalue weighted by atomic mass is 14.6. The van der Waals surface area contributed by atoms with Gasteiger partial charge in [0.1, 0.15) is 0 Å². The van der Waals surface area contributed by atoms with E-state index in [4.69, 9.17) is 0 Å². The molecular formula is C14H21N. The summed E-state index contributed by atoms with van der Waals surface area (Å²) < 4.78 is 0. The number of rotatable bonds is 5. The SMILES string of the molecule is C=C\C(C)=C/C=C(C)/C=C(\C=N/C)CC. The van der Waals surface area contributed by atoms with Gasteiger partial charge in [-0.05, 0) is 25.8 Å². The zero-order chi connectivity index (χ0) is 11.7. The van der Waals surface area contributed by atoms with Crippen LogP contribution in [0.25, 0.3) is 0 Å². The zero-order valence-electron chi connectivity index (χ0n) is 10.2. The first-order valence-electron chi connectivity index (χ1n) is 5.24. The highest BCUT2D eigenvalue weighted by Crippen LogP contribution is 2.05. The Morgan fingerprint density at radius 2 is 1.80 bits per heavy atom. The Morgan fingerprint density at radius 3 is 2.27 bits per heavy atom. The number of aliphatic imine (C=N–C) groups is 1. The Balaban J connectivity index is 4.70. The minimum Gasteiger partial charge on any atom is -0.296 e. The fourth-order valence-corrected chi connectivity index (χ4v) is 1.07. The largest absolute Gasteiger partial charge is 0.296 e. The molecule has 0 radical (unpaired) electrons. The van der Waals surface area contributed by atoms with Crippen molar-refractivity contribution >= 4 is 6.21 Å². The predicted octanol–water partition coefficient (Wildman–Crippen LogP) is 4.10. The molecule has 0 unspecified atom stereocenters. The van der Waals surface area contributed by atoms with Crippen molar-refractivity contribution in [2.24, 2.45) is 4.99 Å². The van der Waals surface area contributed by atoms with E-state index in [0.717, 1.165) is 6.42 Å². The molecule has 15 heavy (non-hydrogen) atoms. The molecule has 0 bridgehead atoms. The summed E-state index contributed by atoms with van der Waals surface area (Å²) in [7, 11) is 1.80. The second kappa shape index (κ2) is 7.98. The predicted molar refractivity (Wildman–Crippen MR) is 70.5 cm³/mol. The van der Waals surface area contributed by atoms with Gasteiger partial charge in [-0.25, -0.2) is 0 Å². The molecule has 0 spiro atoms. The lowest BCUT2D eigenvalue weighted by molar-refractivity contribution is 1.17. The van der Waals surface area contributed by atoms with Crippen LogP contribution in [0.2, 0.25) is 0 Å². The fourth-order valence-electron chi connectivity index (χ4n) is 1.07. The minimum atomic E-state index is 1.01. The van der Waals surface area contributed by atoms with Gasteiger partial charge in [0, 0.05) is 13.3 Å². The van der Waals surface area contributed by atoms with E-state index in [1.807, 2.05) is 19.2 Å². The number of allylic oxidation sites excluding steroid dienone is 7.